The Kier molecular flexibility index (Phi) is 4.39. The smallest absolute Gasteiger partial charge is 0.0412 e. The summed E-state index contributed by atoms with van der Waals surface area (Å²) in [5.74, 6) is 0. The number of nitrogens with zero attached hydrogens (tertiary/aromatic N) is 1. The first-order valence-corrected chi connectivity index (χ1v) is 7.14. The molecule has 0 aliphatic heterocycles. The van der Waals surface area contributed by atoms with Crippen molar-refractivity contribution in [3.63, 3.8) is 0 Å². The van der Waals surface area contributed by atoms with E-state index in [0.29, 0.717) is 0 Å². The SMILES string of the molecule is C[C@H](N)c1ccccc1N(C)CCc1cccs1. The van der Waals surface area contributed by atoms with Gasteiger partial charge in [0.1, 0.15) is 0 Å². The van der Waals surface area contributed by atoms with E-state index in [4.69, 9.17) is 5.73 Å². The van der Waals surface area contributed by atoms with Crippen LogP contribution in [0, 0.1) is 0 Å². The van der Waals surface area contributed by atoms with Gasteiger partial charge in [-0.15, -0.1) is 11.3 Å². The summed E-state index contributed by atoms with van der Waals surface area (Å²) in [6.45, 7) is 3.05. The van der Waals surface area contributed by atoms with Crippen molar-refractivity contribution in [2.75, 3.05) is 18.5 Å². The molecule has 0 bridgehead atoms. The fourth-order valence-electron chi connectivity index (χ4n) is 2.07. The lowest BCUT2D eigenvalue weighted by atomic mass is 10.1. The Morgan fingerprint density at radius 1 is 1.22 bits per heavy atom. The topological polar surface area (TPSA) is 29.3 Å². The Balaban J connectivity index is 2.06. The van der Waals surface area contributed by atoms with Crippen LogP contribution < -0.4 is 10.6 Å². The van der Waals surface area contributed by atoms with E-state index >= 15 is 0 Å². The van der Waals surface area contributed by atoms with Crippen LogP contribution in [0.3, 0.4) is 0 Å². The lowest BCUT2D eigenvalue weighted by molar-refractivity contribution is 0.798. The van der Waals surface area contributed by atoms with Gasteiger partial charge in [-0.25, -0.2) is 0 Å². The molecule has 2 N–H and O–H groups in total. The van der Waals surface area contributed by atoms with E-state index in [1.165, 1.54) is 16.1 Å². The summed E-state index contributed by atoms with van der Waals surface area (Å²) in [5.41, 5.74) is 8.47. The average molecular weight is 260 g/mol. The predicted octanol–water partition coefficient (Wildman–Crippen LogP) is 3.45. The van der Waals surface area contributed by atoms with Crippen LogP contribution in [0.4, 0.5) is 5.69 Å². The van der Waals surface area contributed by atoms with Crippen molar-refractivity contribution in [2.45, 2.75) is 19.4 Å². The molecule has 0 radical (unpaired) electrons. The molecule has 2 nitrogen and oxygen atoms in total. The Bertz CT molecular complexity index is 477. The highest BCUT2D eigenvalue weighted by molar-refractivity contribution is 7.09. The van der Waals surface area contributed by atoms with Crippen molar-refractivity contribution in [3.05, 3.63) is 52.2 Å². The van der Waals surface area contributed by atoms with Crippen molar-refractivity contribution in [3.8, 4) is 0 Å². The zero-order chi connectivity index (χ0) is 13.0. The third kappa shape index (κ3) is 3.12. The van der Waals surface area contributed by atoms with Crippen LogP contribution >= 0.6 is 11.3 Å². The number of benzene rings is 1. The van der Waals surface area contributed by atoms with Crippen LogP contribution in [0.25, 0.3) is 0 Å². The molecule has 0 fully saturated rings. The van der Waals surface area contributed by atoms with Crippen LogP contribution in [0.15, 0.2) is 41.8 Å². The maximum atomic E-state index is 6.02. The van der Waals surface area contributed by atoms with Crippen LogP contribution in [0.5, 0.6) is 0 Å². The fraction of sp³-hybridized carbons (Fsp3) is 0.333. The molecule has 1 aromatic heterocycles. The van der Waals surface area contributed by atoms with Gasteiger partial charge in [0.05, 0.1) is 0 Å². The number of anilines is 1. The second-order valence-corrected chi connectivity index (χ2v) is 5.63. The number of para-hydroxylation sites is 1. The number of thiophene rings is 1. The molecule has 2 rings (SSSR count). The zero-order valence-electron chi connectivity index (χ0n) is 11.0. The number of rotatable bonds is 5. The molecule has 0 saturated heterocycles. The highest BCUT2D eigenvalue weighted by Crippen LogP contribution is 2.24. The normalized spacial score (nSPS) is 12.4. The molecule has 0 aliphatic rings. The standard InChI is InChI=1S/C15H20N2S/c1-12(16)14-7-3-4-8-15(14)17(2)10-9-13-6-5-11-18-13/h3-8,11-12H,9-10,16H2,1-2H3/t12-/m0/s1. The molecule has 0 unspecified atom stereocenters. The molecule has 0 saturated carbocycles. The molecule has 1 atom stereocenters. The summed E-state index contributed by atoms with van der Waals surface area (Å²) in [7, 11) is 2.13. The van der Waals surface area contributed by atoms with Crippen LogP contribution in [-0.2, 0) is 6.42 Å². The lowest BCUT2D eigenvalue weighted by Crippen LogP contribution is -2.22. The quantitative estimate of drug-likeness (QED) is 0.892. The minimum absolute atomic E-state index is 0.0744. The summed E-state index contributed by atoms with van der Waals surface area (Å²) in [6.07, 6.45) is 1.08. The van der Waals surface area contributed by atoms with Crippen molar-refractivity contribution in [2.24, 2.45) is 5.73 Å². The van der Waals surface area contributed by atoms with Gasteiger partial charge in [0.2, 0.25) is 0 Å². The van der Waals surface area contributed by atoms with Crippen molar-refractivity contribution in [1.82, 2.24) is 0 Å². The minimum atomic E-state index is 0.0744. The Labute approximate surface area is 113 Å². The van der Waals surface area contributed by atoms with Gasteiger partial charge in [0, 0.05) is 30.2 Å². The van der Waals surface area contributed by atoms with Gasteiger partial charge in [-0.1, -0.05) is 24.3 Å². The molecule has 96 valence electrons. The lowest BCUT2D eigenvalue weighted by Gasteiger charge is -2.23. The maximum absolute atomic E-state index is 6.02. The van der Waals surface area contributed by atoms with Crippen molar-refractivity contribution in [1.29, 1.82) is 0 Å². The summed E-state index contributed by atoms with van der Waals surface area (Å²) >= 11 is 1.82. The van der Waals surface area contributed by atoms with Gasteiger partial charge >= 0.3 is 0 Å². The third-order valence-electron chi connectivity index (χ3n) is 3.11. The molecule has 3 heteroatoms. The minimum Gasteiger partial charge on any atom is -0.374 e. The summed E-state index contributed by atoms with van der Waals surface area (Å²) < 4.78 is 0. The molecule has 1 aromatic carbocycles. The maximum Gasteiger partial charge on any atom is 0.0412 e. The molecular weight excluding hydrogens is 240 g/mol. The molecule has 1 heterocycles. The molecule has 2 aromatic rings. The molecule has 18 heavy (non-hydrogen) atoms. The van der Waals surface area contributed by atoms with E-state index in [1.54, 1.807) is 0 Å². The molecule has 0 amide bonds. The summed E-state index contributed by atoms with van der Waals surface area (Å²) in [4.78, 5) is 3.72. The second-order valence-electron chi connectivity index (χ2n) is 4.60. The van der Waals surface area contributed by atoms with Gasteiger partial charge < -0.3 is 10.6 Å². The van der Waals surface area contributed by atoms with Crippen LogP contribution in [0.2, 0.25) is 0 Å². The van der Waals surface area contributed by atoms with Crippen LogP contribution in [0.1, 0.15) is 23.4 Å². The highest BCUT2D eigenvalue weighted by Gasteiger charge is 2.09. The Hall–Kier alpha value is -1.32. The zero-order valence-corrected chi connectivity index (χ0v) is 11.8. The first-order chi connectivity index (χ1) is 8.68. The summed E-state index contributed by atoms with van der Waals surface area (Å²) in [6, 6.07) is 12.8. The van der Waals surface area contributed by atoms with Crippen molar-refractivity contribution >= 4 is 17.0 Å². The van der Waals surface area contributed by atoms with E-state index < -0.39 is 0 Å². The van der Waals surface area contributed by atoms with E-state index in [0.717, 1.165) is 13.0 Å². The number of hydrogen-bond acceptors (Lipinski definition) is 3. The van der Waals surface area contributed by atoms with E-state index in [9.17, 15) is 0 Å². The van der Waals surface area contributed by atoms with Gasteiger partial charge in [0.25, 0.3) is 0 Å². The van der Waals surface area contributed by atoms with Gasteiger partial charge in [-0.05, 0) is 36.4 Å². The van der Waals surface area contributed by atoms with E-state index in [2.05, 4.69) is 53.7 Å². The molecule has 0 aliphatic carbocycles. The first kappa shape index (κ1) is 13.1. The number of likely N-dealkylation sites (N-methyl/N-ethyl adjacent to an activating group) is 1. The third-order valence-corrected chi connectivity index (χ3v) is 4.05. The first-order valence-electron chi connectivity index (χ1n) is 6.26. The monoisotopic (exact) mass is 260 g/mol. The van der Waals surface area contributed by atoms with Crippen molar-refractivity contribution < 1.29 is 0 Å². The van der Waals surface area contributed by atoms with Gasteiger partial charge in [-0.3, -0.25) is 0 Å². The Morgan fingerprint density at radius 2 is 2.00 bits per heavy atom. The average Bonchev–Trinajstić information content (AvgIpc) is 2.89. The predicted molar refractivity (Wildman–Crippen MR) is 80.3 cm³/mol. The van der Waals surface area contributed by atoms with E-state index in [1.807, 2.05) is 18.3 Å². The Morgan fingerprint density at radius 3 is 2.67 bits per heavy atom. The molecule has 0 spiro atoms. The van der Waals surface area contributed by atoms with Gasteiger partial charge in [0.15, 0.2) is 0 Å². The second kappa shape index (κ2) is 6.03. The summed E-state index contributed by atoms with van der Waals surface area (Å²) in [5, 5.41) is 2.13. The van der Waals surface area contributed by atoms with Crippen LogP contribution in [-0.4, -0.2) is 13.6 Å². The number of nitrogens with two attached hydrogens (primary N) is 1. The van der Waals surface area contributed by atoms with Gasteiger partial charge in [-0.2, -0.15) is 0 Å². The van der Waals surface area contributed by atoms with E-state index in [-0.39, 0.29) is 6.04 Å². The fourth-order valence-corrected chi connectivity index (χ4v) is 2.77. The highest BCUT2D eigenvalue weighted by atomic mass is 32.1. The largest absolute Gasteiger partial charge is 0.374 e. The number of hydrogen-bond donors (Lipinski definition) is 1. The molecular formula is C15H20N2S.